The molecule has 0 bridgehead atoms. The number of rotatable bonds is 7. The van der Waals surface area contributed by atoms with Gasteiger partial charge in [-0.3, -0.25) is 14.4 Å². The van der Waals surface area contributed by atoms with Crippen molar-refractivity contribution in [1.82, 2.24) is 19.2 Å². The monoisotopic (exact) mass is 1230 g/mol. The first-order valence-corrected chi connectivity index (χ1v) is 33.4. The average Bonchev–Trinajstić information content (AvgIpc) is 1.96. The van der Waals surface area contributed by atoms with E-state index in [0.29, 0.717) is 0 Å². The number of methoxy groups -OCH3 is 1. The van der Waals surface area contributed by atoms with Gasteiger partial charge in [-0.2, -0.15) is 5.26 Å². The number of ether oxygens (including phenoxy) is 1. The maximum Gasteiger partial charge on any atom is 0.337 e. The Hall–Kier alpha value is -9.12. The first kappa shape index (κ1) is 57.0. The van der Waals surface area contributed by atoms with Gasteiger partial charge in [0.2, 0.25) is 0 Å². The summed E-state index contributed by atoms with van der Waals surface area (Å²) >= 11 is 0. The molecule has 0 saturated heterocycles. The second-order valence-electron chi connectivity index (χ2n) is 22.5. The van der Waals surface area contributed by atoms with Crippen molar-refractivity contribution in [3.63, 3.8) is 0 Å². The Morgan fingerprint density at radius 3 is 1.30 bits per heavy atom. The third-order valence-corrected chi connectivity index (χ3v) is 22.8. The standard InChI is InChI=1S/C22H21N3O5S.C21H18N4O3S.C19H18N4O3S/c1-30-21(27)14-8-9-17-18(11-14)31(29,24-20(17)26)25-22(28)23-19-15-6-2-4-12(15)10-13-5-3-7-16(13)19;22-11-12-7-8-18-17(9-12)20(26)24-29(18,28)25-21(27)23-19-15-5-1-3-13(15)10-14-4-2-6-16(14)19;24-18-17-15(8-3-9-20-17)27(26,22-18)23-19(25)21-16-13-6-1-4-11(13)10-12-5-2-7-14(12)16/h8-11H,2-7H2,1H3,(H2,23,24,25,26,28,29);7-10H,1-6H2,(H2,23,24,25,26,27,28);3,8-10H,1-2,4-7H2,(H2,21,22,23,24,25,26). The van der Waals surface area contributed by atoms with Gasteiger partial charge in [0.05, 0.1) is 50.1 Å². The molecule has 444 valence electrons. The fourth-order valence-electron chi connectivity index (χ4n) is 13.5. The van der Waals surface area contributed by atoms with Crippen LogP contribution in [-0.4, -0.2) is 66.5 Å². The van der Waals surface area contributed by atoms with E-state index in [1.165, 1.54) is 100 Å². The fourth-order valence-corrected chi connectivity index (χ4v) is 18.3. The van der Waals surface area contributed by atoms with E-state index in [4.69, 9.17) is 5.26 Å². The number of hydrogen-bond donors (Lipinski definition) is 6. The van der Waals surface area contributed by atoms with Crippen molar-refractivity contribution in [2.24, 2.45) is 13.1 Å². The van der Waals surface area contributed by atoms with Crippen molar-refractivity contribution in [1.29, 1.82) is 5.26 Å². The zero-order chi connectivity index (χ0) is 60.5. The van der Waals surface area contributed by atoms with Gasteiger partial charge in [0.1, 0.15) is 5.69 Å². The smallest absolute Gasteiger partial charge is 0.337 e. The minimum Gasteiger partial charge on any atom is -0.465 e. The Morgan fingerprint density at radius 1 is 0.471 bits per heavy atom. The second kappa shape index (κ2) is 22.3. The van der Waals surface area contributed by atoms with Crippen LogP contribution in [0.15, 0.2) is 101 Å². The van der Waals surface area contributed by atoms with Gasteiger partial charge in [0.15, 0.2) is 29.7 Å². The van der Waals surface area contributed by atoms with E-state index in [1.807, 2.05) is 6.07 Å². The second-order valence-corrected chi connectivity index (χ2v) is 28.1. The predicted molar refractivity (Wildman–Crippen MR) is 321 cm³/mol. The molecule has 15 rings (SSSR count). The minimum atomic E-state index is -3.57. The number of nitriles is 1. The maximum absolute atomic E-state index is 13.4. The molecule has 1 aromatic heterocycles. The summed E-state index contributed by atoms with van der Waals surface area (Å²) in [6.07, 6.45) is 19.3. The van der Waals surface area contributed by atoms with Gasteiger partial charge in [-0.15, -0.1) is 13.1 Å². The number of aryl methyl sites for hydroxylation is 6. The molecule has 0 spiro atoms. The van der Waals surface area contributed by atoms with E-state index in [-0.39, 0.29) is 42.6 Å². The number of nitrogens with one attached hydrogen (secondary N) is 6. The number of fused-ring (bicyclic) bond motifs is 9. The summed E-state index contributed by atoms with van der Waals surface area (Å²) in [5.41, 5.74) is 17.7. The van der Waals surface area contributed by atoms with E-state index in [2.05, 4.69) is 71.1 Å². The molecule has 87 heavy (non-hydrogen) atoms. The molecule has 6 aliphatic carbocycles. The molecule has 0 fully saturated rings. The number of aromatic nitrogens is 1. The van der Waals surface area contributed by atoms with Crippen molar-refractivity contribution >= 4 is 88.6 Å². The van der Waals surface area contributed by atoms with Crippen LogP contribution in [0, 0.1) is 11.3 Å². The molecular formula is C62H57N11O11S3. The molecule has 4 heterocycles. The summed E-state index contributed by atoms with van der Waals surface area (Å²) in [4.78, 5) is 90.8. The number of hydrogen-bond acceptors (Lipinski definition) is 13. The quantitative estimate of drug-likeness (QED) is 0.0813. The van der Waals surface area contributed by atoms with Crippen LogP contribution in [-0.2, 0) is 112 Å². The molecule has 3 atom stereocenters. The van der Waals surface area contributed by atoms with Crippen molar-refractivity contribution in [3.05, 3.63) is 168 Å². The van der Waals surface area contributed by atoms with Gasteiger partial charge in [0.25, 0.3) is 11.8 Å². The number of carbonyl (C=O) groups excluding carboxylic acids is 7. The minimum absolute atomic E-state index is 0.0130. The van der Waals surface area contributed by atoms with Crippen molar-refractivity contribution in [2.75, 3.05) is 23.1 Å². The van der Waals surface area contributed by atoms with Crippen LogP contribution in [0.3, 0.4) is 0 Å². The summed E-state index contributed by atoms with van der Waals surface area (Å²) in [5.74, 6) is -2.69. The van der Waals surface area contributed by atoms with Gasteiger partial charge in [0, 0.05) is 23.3 Å². The van der Waals surface area contributed by atoms with Crippen LogP contribution in [0.5, 0.6) is 0 Å². The number of pyridine rings is 1. The highest BCUT2D eigenvalue weighted by Gasteiger charge is 2.37. The Labute approximate surface area is 501 Å². The lowest BCUT2D eigenvalue weighted by Crippen LogP contribution is -2.34. The lowest BCUT2D eigenvalue weighted by Gasteiger charge is -2.17. The normalized spacial score (nSPS) is 21.1. The third kappa shape index (κ3) is 10.4. The summed E-state index contributed by atoms with van der Waals surface area (Å²) in [7, 11) is -9.13. The lowest BCUT2D eigenvalue weighted by molar-refractivity contribution is 0.0599. The van der Waals surface area contributed by atoms with Crippen LogP contribution in [0.1, 0.15) is 152 Å². The summed E-state index contributed by atoms with van der Waals surface area (Å²) in [6, 6.07) is 18.2. The summed E-state index contributed by atoms with van der Waals surface area (Å²) < 4.78 is 62.8. The van der Waals surface area contributed by atoms with Gasteiger partial charge >= 0.3 is 30.0 Å². The molecule has 9 aliphatic rings. The third-order valence-electron chi connectivity index (χ3n) is 17.3. The molecular weight excluding hydrogens is 1170 g/mol. The van der Waals surface area contributed by atoms with Crippen LogP contribution >= 0.6 is 0 Å². The highest BCUT2D eigenvalue weighted by atomic mass is 32.2. The van der Waals surface area contributed by atoms with Crippen molar-refractivity contribution in [3.8, 4) is 6.07 Å². The highest BCUT2D eigenvalue weighted by molar-refractivity contribution is 7.93. The molecule has 3 aliphatic heterocycles. The topological polar surface area (TPSA) is 326 Å². The van der Waals surface area contributed by atoms with Crippen LogP contribution in [0.4, 0.5) is 31.4 Å². The summed E-state index contributed by atoms with van der Waals surface area (Å²) in [5, 5.41) is 17.7. The molecule has 0 radical (unpaired) electrons. The number of carbonyl (C=O) groups is 7. The van der Waals surface area contributed by atoms with Crippen molar-refractivity contribution in [2.45, 2.75) is 130 Å². The molecule has 3 unspecified atom stereocenters. The largest absolute Gasteiger partial charge is 0.465 e. The Balaban J connectivity index is 0.000000121. The van der Waals surface area contributed by atoms with E-state index >= 15 is 0 Å². The van der Waals surface area contributed by atoms with Crippen LogP contribution < -0.4 is 30.1 Å². The molecule has 0 saturated carbocycles. The van der Waals surface area contributed by atoms with Gasteiger partial charge < -0.3 is 20.7 Å². The molecule has 6 aromatic rings. The molecule has 22 nitrogen and oxygen atoms in total. The van der Waals surface area contributed by atoms with E-state index < -0.39 is 71.5 Å². The SMILES string of the molecule is COC(=O)c1ccc2c(c1)S(=O)(NC(=O)Nc1c3c(cc4c1CCC4)CCC3)=NC2=O.N#Cc1ccc2c(c1)C(=O)N=S2(=O)NC(=O)Nc1c2c(cc3c1CCC3)CCC2.O=C(Nc1c2c(cc3c1CCC3)CCC2)NS1(=O)=NC(=O)c2ncccc21. The van der Waals surface area contributed by atoms with Crippen LogP contribution in [0.2, 0.25) is 0 Å². The van der Waals surface area contributed by atoms with Gasteiger partial charge in [-0.1, -0.05) is 18.2 Å². The Kier molecular flexibility index (Phi) is 14.6. The molecule has 5 aromatic carbocycles. The predicted octanol–water partition coefficient (Wildman–Crippen LogP) is 9.20. The Bertz CT molecular complexity index is 4500. The maximum atomic E-state index is 13.4. The average molecular weight is 1230 g/mol. The number of urea groups is 3. The van der Waals surface area contributed by atoms with Crippen molar-refractivity contribution < 1.29 is 50.9 Å². The van der Waals surface area contributed by atoms with E-state index in [0.717, 1.165) is 155 Å². The van der Waals surface area contributed by atoms with Gasteiger partial charge in [-0.25, -0.2) is 51.0 Å². The zero-order valence-corrected chi connectivity index (χ0v) is 49.6. The molecule has 9 amide bonds. The number of amides is 9. The number of nitrogens with zero attached hydrogens (tertiary/aromatic N) is 5. The lowest BCUT2D eigenvalue weighted by atomic mass is 9.99. The fraction of sp³-hybridized carbons (Fsp3) is 0.306. The van der Waals surface area contributed by atoms with Crippen LogP contribution in [0.25, 0.3) is 0 Å². The van der Waals surface area contributed by atoms with E-state index in [9.17, 15) is 46.2 Å². The first-order valence-electron chi connectivity index (χ1n) is 28.8. The first-order chi connectivity index (χ1) is 41.9. The molecule has 25 heteroatoms. The van der Waals surface area contributed by atoms with E-state index in [1.54, 1.807) is 6.07 Å². The number of benzene rings is 5. The number of anilines is 3. The summed E-state index contributed by atoms with van der Waals surface area (Å²) in [6.45, 7) is 0. The zero-order valence-electron chi connectivity index (χ0n) is 47.1. The number of esters is 1. The highest BCUT2D eigenvalue weighted by Crippen LogP contribution is 2.42. The molecule has 6 N–H and O–H groups in total. The Morgan fingerprint density at radius 2 is 0.874 bits per heavy atom. The van der Waals surface area contributed by atoms with Gasteiger partial charge in [-0.05, 0) is 231 Å².